The molecule has 0 fully saturated rings. The van der Waals surface area contributed by atoms with Crippen molar-refractivity contribution in [1.29, 1.82) is 0 Å². The van der Waals surface area contributed by atoms with Crippen molar-refractivity contribution in [1.82, 2.24) is 20.2 Å². The van der Waals surface area contributed by atoms with E-state index in [-0.39, 0.29) is 29.3 Å². The molecule has 8 heteroatoms. The fourth-order valence-corrected chi connectivity index (χ4v) is 2.52. The Morgan fingerprint density at radius 1 is 1.15 bits per heavy atom. The van der Waals surface area contributed by atoms with Crippen molar-refractivity contribution in [2.24, 2.45) is 0 Å². The Kier molecular flexibility index (Phi) is 4.98. The molecule has 0 aliphatic heterocycles. The van der Waals surface area contributed by atoms with Gasteiger partial charge in [-0.3, -0.25) is 14.6 Å². The van der Waals surface area contributed by atoms with Gasteiger partial charge in [-0.25, -0.2) is 9.37 Å². The van der Waals surface area contributed by atoms with Crippen LogP contribution >= 0.6 is 0 Å². The van der Waals surface area contributed by atoms with Crippen molar-refractivity contribution in [3.63, 3.8) is 0 Å². The summed E-state index contributed by atoms with van der Waals surface area (Å²) in [5.74, 6) is -1.87. The van der Waals surface area contributed by atoms with Crippen LogP contribution in [-0.4, -0.2) is 45.9 Å². The van der Waals surface area contributed by atoms with Crippen molar-refractivity contribution in [3.05, 3.63) is 65.4 Å². The van der Waals surface area contributed by atoms with Crippen LogP contribution in [0.25, 0.3) is 10.9 Å². The van der Waals surface area contributed by atoms with E-state index >= 15 is 0 Å². The number of aromatic hydroxyl groups is 1. The van der Waals surface area contributed by atoms with Gasteiger partial charge in [-0.1, -0.05) is 12.1 Å². The fraction of sp³-hybridized carbons (Fsp3) is 0.158. The molecule has 0 bridgehead atoms. The first-order valence-corrected chi connectivity index (χ1v) is 8.10. The molecule has 0 radical (unpaired) electrons. The Balaban J connectivity index is 1.97. The number of carbonyl (C=O) groups excluding carboxylic acids is 2. The molecular weight excluding hydrogens is 351 g/mol. The number of aromatic nitrogens is 2. The van der Waals surface area contributed by atoms with Gasteiger partial charge in [0.05, 0.1) is 0 Å². The largest absolute Gasteiger partial charge is 0.504 e. The highest BCUT2D eigenvalue weighted by Gasteiger charge is 2.23. The van der Waals surface area contributed by atoms with Crippen molar-refractivity contribution >= 4 is 22.7 Å². The van der Waals surface area contributed by atoms with Gasteiger partial charge in [-0.2, -0.15) is 0 Å². The number of nitrogens with one attached hydrogen (secondary N) is 1. The minimum Gasteiger partial charge on any atom is -0.504 e. The summed E-state index contributed by atoms with van der Waals surface area (Å²) in [6, 6.07) is 8.85. The van der Waals surface area contributed by atoms with Gasteiger partial charge in [0.2, 0.25) is 0 Å². The normalized spacial score (nSPS) is 10.6. The predicted octanol–water partition coefficient (Wildman–Crippen LogP) is 2.11. The van der Waals surface area contributed by atoms with Crippen molar-refractivity contribution in [3.8, 4) is 5.75 Å². The maximum atomic E-state index is 13.0. The van der Waals surface area contributed by atoms with Crippen LogP contribution in [0, 0.1) is 5.82 Å². The number of benzene rings is 1. The van der Waals surface area contributed by atoms with E-state index in [9.17, 15) is 19.1 Å². The standard InChI is InChI=1S/C19H17FN4O3/c1-24(2)19(27)15-13-4-3-9-21-14(13)17(25)16(23-15)18(26)22-10-11-5-7-12(20)8-6-11/h3-9,25H,10H2,1-2H3,(H,22,26). The fourth-order valence-electron chi connectivity index (χ4n) is 2.52. The first kappa shape index (κ1) is 18.2. The van der Waals surface area contributed by atoms with E-state index in [4.69, 9.17) is 0 Å². The molecule has 2 amide bonds. The lowest BCUT2D eigenvalue weighted by Crippen LogP contribution is -2.27. The topological polar surface area (TPSA) is 95.4 Å². The van der Waals surface area contributed by atoms with Crippen LogP contribution in [0.2, 0.25) is 0 Å². The van der Waals surface area contributed by atoms with Gasteiger partial charge < -0.3 is 15.3 Å². The van der Waals surface area contributed by atoms with Crippen molar-refractivity contribution < 1.29 is 19.1 Å². The summed E-state index contributed by atoms with van der Waals surface area (Å²) in [5.41, 5.74) is 0.513. The summed E-state index contributed by atoms with van der Waals surface area (Å²) in [6.45, 7) is 0.109. The zero-order valence-corrected chi connectivity index (χ0v) is 14.7. The summed E-state index contributed by atoms with van der Waals surface area (Å²) in [4.78, 5) is 34.5. The second-order valence-corrected chi connectivity index (χ2v) is 6.07. The number of pyridine rings is 2. The number of carbonyl (C=O) groups is 2. The molecule has 0 aliphatic carbocycles. The van der Waals surface area contributed by atoms with Crippen molar-refractivity contribution in [2.75, 3.05) is 14.1 Å². The molecule has 0 spiro atoms. The minimum absolute atomic E-state index is 0.0211. The molecule has 2 N–H and O–H groups in total. The van der Waals surface area contributed by atoms with Crippen LogP contribution in [0.4, 0.5) is 4.39 Å². The van der Waals surface area contributed by atoms with Gasteiger partial charge in [0.1, 0.15) is 17.0 Å². The van der Waals surface area contributed by atoms with Crippen molar-refractivity contribution in [2.45, 2.75) is 6.54 Å². The second-order valence-electron chi connectivity index (χ2n) is 6.07. The minimum atomic E-state index is -0.669. The van der Waals surface area contributed by atoms with Crippen LogP contribution in [0.1, 0.15) is 26.5 Å². The number of hydrogen-bond donors (Lipinski definition) is 2. The molecule has 2 heterocycles. The van der Waals surface area contributed by atoms with E-state index in [1.54, 1.807) is 26.2 Å². The molecule has 0 aliphatic rings. The zero-order chi connectivity index (χ0) is 19.6. The number of nitrogens with zero attached hydrogens (tertiary/aromatic N) is 3. The lowest BCUT2D eigenvalue weighted by atomic mass is 10.1. The smallest absolute Gasteiger partial charge is 0.274 e. The van der Waals surface area contributed by atoms with Crippen LogP contribution in [-0.2, 0) is 6.54 Å². The van der Waals surface area contributed by atoms with Crippen LogP contribution in [0.3, 0.4) is 0 Å². The maximum absolute atomic E-state index is 13.0. The monoisotopic (exact) mass is 368 g/mol. The van der Waals surface area contributed by atoms with Gasteiger partial charge in [-0.05, 0) is 29.8 Å². The van der Waals surface area contributed by atoms with E-state index in [0.717, 1.165) is 0 Å². The third-order valence-electron chi connectivity index (χ3n) is 3.93. The Bertz CT molecular complexity index is 1020. The molecule has 0 saturated carbocycles. The van der Waals surface area contributed by atoms with Crippen LogP contribution in [0.5, 0.6) is 5.75 Å². The molecule has 3 aromatic rings. The number of rotatable bonds is 4. The Morgan fingerprint density at radius 3 is 2.52 bits per heavy atom. The molecule has 0 unspecified atom stereocenters. The summed E-state index contributed by atoms with van der Waals surface area (Å²) < 4.78 is 13.0. The third-order valence-corrected chi connectivity index (χ3v) is 3.93. The van der Waals surface area contributed by atoms with Gasteiger partial charge in [0.15, 0.2) is 11.4 Å². The molecule has 0 atom stereocenters. The van der Waals surface area contributed by atoms with Crippen LogP contribution in [0.15, 0.2) is 42.6 Å². The number of halogens is 1. The first-order chi connectivity index (χ1) is 12.9. The van der Waals surface area contributed by atoms with E-state index in [2.05, 4.69) is 15.3 Å². The summed E-state index contributed by atoms with van der Waals surface area (Å²) in [5, 5.41) is 13.4. The van der Waals surface area contributed by atoms with Crippen LogP contribution < -0.4 is 5.32 Å². The molecule has 0 saturated heterocycles. The summed E-state index contributed by atoms with van der Waals surface area (Å²) in [7, 11) is 3.13. The highest BCUT2D eigenvalue weighted by Crippen LogP contribution is 2.28. The Hall–Kier alpha value is -3.55. The van der Waals surface area contributed by atoms with E-state index in [1.165, 1.54) is 35.4 Å². The molecular formula is C19H17FN4O3. The van der Waals surface area contributed by atoms with E-state index in [0.29, 0.717) is 10.9 Å². The van der Waals surface area contributed by atoms with E-state index < -0.39 is 17.6 Å². The highest BCUT2D eigenvalue weighted by atomic mass is 19.1. The highest BCUT2D eigenvalue weighted by molar-refractivity contribution is 6.09. The molecule has 3 rings (SSSR count). The Morgan fingerprint density at radius 2 is 1.85 bits per heavy atom. The number of fused-ring (bicyclic) bond motifs is 1. The predicted molar refractivity (Wildman–Crippen MR) is 96.8 cm³/mol. The van der Waals surface area contributed by atoms with Gasteiger partial charge >= 0.3 is 0 Å². The molecule has 1 aromatic carbocycles. The van der Waals surface area contributed by atoms with E-state index in [1.807, 2.05) is 0 Å². The lowest BCUT2D eigenvalue weighted by Gasteiger charge is -2.14. The number of amides is 2. The second kappa shape index (κ2) is 7.36. The number of hydrogen-bond acceptors (Lipinski definition) is 5. The quantitative estimate of drug-likeness (QED) is 0.735. The molecule has 2 aromatic heterocycles. The zero-order valence-electron chi connectivity index (χ0n) is 14.7. The molecule has 138 valence electrons. The average Bonchev–Trinajstić information content (AvgIpc) is 2.67. The average molecular weight is 368 g/mol. The molecule has 7 nitrogen and oxygen atoms in total. The SMILES string of the molecule is CN(C)C(=O)c1nc(C(=O)NCc2ccc(F)cc2)c(O)c2ncccc12. The maximum Gasteiger partial charge on any atom is 0.274 e. The molecule has 27 heavy (non-hydrogen) atoms. The lowest BCUT2D eigenvalue weighted by molar-refractivity contribution is 0.0823. The van der Waals surface area contributed by atoms with Gasteiger partial charge in [-0.15, -0.1) is 0 Å². The first-order valence-electron chi connectivity index (χ1n) is 8.10. The third kappa shape index (κ3) is 3.69. The van der Waals surface area contributed by atoms with Gasteiger partial charge in [0.25, 0.3) is 11.8 Å². The Labute approximate surface area is 154 Å². The van der Waals surface area contributed by atoms with Gasteiger partial charge in [0, 0.05) is 32.2 Å². The summed E-state index contributed by atoms with van der Waals surface area (Å²) in [6.07, 6.45) is 1.45. The summed E-state index contributed by atoms with van der Waals surface area (Å²) >= 11 is 0.